The minimum absolute atomic E-state index is 1.24. The van der Waals surface area contributed by atoms with Gasteiger partial charge in [0.25, 0.3) is 0 Å². The van der Waals surface area contributed by atoms with Gasteiger partial charge < -0.3 is 14.7 Å². The van der Waals surface area contributed by atoms with E-state index in [1.807, 2.05) is 12.1 Å². The molecule has 0 saturated heterocycles. The van der Waals surface area contributed by atoms with Gasteiger partial charge in [-0.05, 0) is 33.4 Å². The number of benzene rings is 4. The van der Waals surface area contributed by atoms with Gasteiger partial charge in [0.2, 0.25) is 0 Å². The van der Waals surface area contributed by atoms with Crippen molar-refractivity contribution in [2.75, 3.05) is 0 Å². The molecule has 5 heteroatoms. The van der Waals surface area contributed by atoms with Crippen LogP contribution in [0.25, 0.3) is 33.4 Å². The molecular formula is C24H21O4P. The number of hydrogen-bond acceptors (Lipinski definition) is 1. The van der Waals surface area contributed by atoms with Gasteiger partial charge in [-0.15, -0.1) is 0 Å². The Hall–Kier alpha value is -3.01. The molecule has 0 heterocycles. The summed E-state index contributed by atoms with van der Waals surface area (Å²) >= 11 is 0. The van der Waals surface area contributed by atoms with E-state index in [4.69, 9.17) is 19.2 Å². The first-order valence-electron chi connectivity index (χ1n) is 9.00. The summed E-state index contributed by atoms with van der Waals surface area (Å²) in [6.45, 7) is 0. The standard InChI is InChI=1S/C24H18.H3O4P/c1-3-7-19(8-4-1)21-11-15-23(16-12-21)24-17-13-22(14-18-24)20-9-5-2-6-10-20;1-5(2,3)4/h1-18H;(H3,1,2,3,4). The van der Waals surface area contributed by atoms with Gasteiger partial charge in [0.15, 0.2) is 0 Å². The molecule has 0 aliphatic rings. The van der Waals surface area contributed by atoms with E-state index in [-0.39, 0.29) is 0 Å². The highest BCUT2D eigenvalue weighted by Gasteiger charge is 2.02. The SMILES string of the molecule is O=P(O)(O)O.c1ccc(-c2ccc(-c3ccc(-c4ccccc4)cc3)cc2)cc1. The predicted molar refractivity (Wildman–Crippen MR) is 117 cm³/mol. The Morgan fingerprint density at radius 1 is 0.379 bits per heavy atom. The van der Waals surface area contributed by atoms with E-state index < -0.39 is 7.82 Å². The quantitative estimate of drug-likeness (QED) is 0.380. The van der Waals surface area contributed by atoms with E-state index >= 15 is 0 Å². The fourth-order valence-electron chi connectivity index (χ4n) is 2.97. The molecule has 0 fully saturated rings. The summed E-state index contributed by atoms with van der Waals surface area (Å²) < 4.78 is 8.88. The molecule has 0 radical (unpaired) electrons. The zero-order chi connectivity index (χ0) is 20.7. The van der Waals surface area contributed by atoms with Crippen LogP contribution in [0.4, 0.5) is 0 Å². The molecule has 0 unspecified atom stereocenters. The monoisotopic (exact) mass is 404 g/mol. The second-order valence-corrected chi connectivity index (χ2v) is 7.43. The van der Waals surface area contributed by atoms with E-state index in [2.05, 4.69) is 97.1 Å². The minimum Gasteiger partial charge on any atom is -0.303 e. The van der Waals surface area contributed by atoms with Crippen molar-refractivity contribution < 1.29 is 19.2 Å². The van der Waals surface area contributed by atoms with Crippen molar-refractivity contribution in [3.8, 4) is 33.4 Å². The van der Waals surface area contributed by atoms with Crippen LogP contribution in [0.15, 0.2) is 109 Å². The van der Waals surface area contributed by atoms with E-state index in [0.29, 0.717) is 0 Å². The summed E-state index contributed by atoms with van der Waals surface area (Å²) in [6.07, 6.45) is 0. The van der Waals surface area contributed by atoms with Crippen LogP contribution in [-0.2, 0) is 4.57 Å². The van der Waals surface area contributed by atoms with Crippen LogP contribution >= 0.6 is 7.82 Å². The molecule has 3 N–H and O–H groups in total. The second-order valence-electron chi connectivity index (χ2n) is 6.40. The van der Waals surface area contributed by atoms with E-state index in [1.54, 1.807) is 0 Å². The highest BCUT2D eigenvalue weighted by Crippen LogP contribution is 2.27. The molecule has 0 spiro atoms. The first kappa shape index (κ1) is 20.7. The van der Waals surface area contributed by atoms with Crippen molar-refractivity contribution in [1.82, 2.24) is 0 Å². The highest BCUT2D eigenvalue weighted by molar-refractivity contribution is 7.45. The van der Waals surface area contributed by atoms with Crippen molar-refractivity contribution in [2.24, 2.45) is 0 Å². The van der Waals surface area contributed by atoms with Crippen molar-refractivity contribution in [3.05, 3.63) is 109 Å². The lowest BCUT2D eigenvalue weighted by molar-refractivity contribution is 0.275. The summed E-state index contributed by atoms with van der Waals surface area (Å²) in [4.78, 5) is 21.6. The second kappa shape index (κ2) is 9.46. The lowest BCUT2D eigenvalue weighted by Crippen LogP contribution is -1.81. The molecule has 0 aliphatic heterocycles. The first-order chi connectivity index (χ1) is 13.9. The fourth-order valence-corrected chi connectivity index (χ4v) is 2.97. The third kappa shape index (κ3) is 6.53. The van der Waals surface area contributed by atoms with E-state index in [1.165, 1.54) is 33.4 Å². The number of phosphoric acid groups is 1. The minimum atomic E-state index is -4.64. The van der Waals surface area contributed by atoms with Crippen molar-refractivity contribution in [1.29, 1.82) is 0 Å². The molecule has 0 amide bonds. The van der Waals surface area contributed by atoms with E-state index in [0.717, 1.165) is 0 Å². The van der Waals surface area contributed by atoms with Crippen molar-refractivity contribution in [2.45, 2.75) is 0 Å². The molecule has 0 aliphatic carbocycles. The number of hydrogen-bond donors (Lipinski definition) is 3. The highest BCUT2D eigenvalue weighted by atomic mass is 31.2. The third-order valence-electron chi connectivity index (χ3n) is 4.32. The maximum Gasteiger partial charge on any atom is 0.466 e. The van der Waals surface area contributed by atoms with Gasteiger partial charge >= 0.3 is 7.82 Å². The zero-order valence-electron chi connectivity index (χ0n) is 15.6. The van der Waals surface area contributed by atoms with Gasteiger partial charge in [-0.3, -0.25) is 0 Å². The molecule has 146 valence electrons. The fraction of sp³-hybridized carbons (Fsp3) is 0. The van der Waals surface area contributed by atoms with Crippen LogP contribution in [-0.4, -0.2) is 14.7 Å². The number of rotatable bonds is 3. The van der Waals surface area contributed by atoms with Crippen molar-refractivity contribution >= 4 is 7.82 Å². The Kier molecular flexibility index (Phi) is 6.76. The zero-order valence-corrected chi connectivity index (χ0v) is 16.5. The van der Waals surface area contributed by atoms with Crippen LogP contribution in [0.5, 0.6) is 0 Å². The molecular weight excluding hydrogens is 383 g/mol. The average Bonchev–Trinajstić information content (AvgIpc) is 2.74. The Balaban J connectivity index is 0.000000431. The Bertz CT molecular complexity index is 982. The summed E-state index contributed by atoms with van der Waals surface area (Å²) in [5.41, 5.74) is 7.50. The maximum absolute atomic E-state index is 8.88. The Morgan fingerprint density at radius 2 is 0.552 bits per heavy atom. The molecule has 0 saturated carbocycles. The van der Waals surface area contributed by atoms with Gasteiger partial charge in [-0.2, -0.15) is 0 Å². The summed E-state index contributed by atoms with van der Waals surface area (Å²) in [6, 6.07) is 38.5. The molecule has 29 heavy (non-hydrogen) atoms. The molecule has 0 aromatic heterocycles. The van der Waals surface area contributed by atoms with Crippen LogP contribution in [0.2, 0.25) is 0 Å². The molecule has 0 bridgehead atoms. The molecule has 4 rings (SSSR count). The summed E-state index contributed by atoms with van der Waals surface area (Å²) in [7, 11) is -4.64. The normalized spacial score (nSPS) is 10.7. The maximum atomic E-state index is 8.88. The van der Waals surface area contributed by atoms with Crippen LogP contribution < -0.4 is 0 Å². The predicted octanol–water partition coefficient (Wildman–Crippen LogP) is 5.76. The van der Waals surface area contributed by atoms with Crippen LogP contribution in [0.1, 0.15) is 0 Å². The Labute approximate surface area is 170 Å². The molecule has 4 nitrogen and oxygen atoms in total. The molecule has 0 atom stereocenters. The summed E-state index contributed by atoms with van der Waals surface area (Å²) in [5, 5.41) is 0. The first-order valence-corrected chi connectivity index (χ1v) is 10.6. The Morgan fingerprint density at radius 3 is 0.759 bits per heavy atom. The van der Waals surface area contributed by atoms with Gasteiger partial charge in [0.05, 0.1) is 0 Å². The third-order valence-corrected chi connectivity index (χ3v) is 4.32. The van der Waals surface area contributed by atoms with Gasteiger partial charge in [0, 0.05) is 0 Å². The smallest absolute Gasteiger partial charge is 0.303 e. The lowest BCUT2D eigenvalue weighted by Gasteiger charge is -2.07. The van der Waals surface area contributed by atoms with Crippen LogP contribution in [0.3, 0.4) is 0 Å². The topological polar surface area (TPSA) is 77.8 Å². The molecule has 4 aromatic rings. The lowest BCUT2D eigenvalue weighted by atomic mass is 9.98. The van der Waals surface area contributed by atoms with Gasteiger partial charge in [-0.1, -0.05) is 109 Å². The van der Waals surface area contributed by atoms with Crippen molar-refractivity contribution in [3.63, 3.8) is 0 Å². The van der Waals surface area contributed by atoms with Gasteiger partial charge in [-0.25, -0.2) is 4.57 Å². The van der Waals surface area contributed by atoms with Gasteiger partial charge in [0.1, 0.15) is 0 Å². The summed E-state index contributed by atoms with van der Waals surface area (Å²) in [5.74, 6) is 0. The largest absolute Gasteiger partial charge is 0.466 e. The van der Waals surface area contributed by atoms with Crippen LogP contribution in [0, 0.1) is 0 Å². The molecule has 4 aromatic carbocycles. The average molecular weight is 404 g/mol. The van der Waals surface area contributed by atoms with E-state index in [9.17, 15) is 0 Å².